The summed E-state index contributed by atoms with van der Waals surface area (Å²) in [5, 5.41) is 3.42. The molecule has 0 spiro atoms. The van der Waals surface area contributed by atoms with Crippen molar-refractivity contribution in [1.29, 1.82) is 0 Å². The zero-order chi connectivity index (χ0) is 8.10. The van der Waals surface area contributed by atoms with Crippen LogP contribution >= 0.6 is 0 Å². The summed E-state index contributed by atoms with van der Waals surface area (Å²) in [6, 6.07) is 0.674. The molecule has 1 aliphatic heterocycles. The Hall–Kier alpha value is -0.520. The Morgan fingerprint density at radius 2 is 2.55 bits per heavy atom. The highest BCUT2D eigenvalue weighted by Crippen LogP contribution is 2.07. The molecule has 0 radical (unpaired) electrons. The first kappa shape index (κ1) is 8.58. The monoisotopic (exact) mass is 152 g/mol. The average molecular weight is 152 g/mol. The average Bonchev–Trinajstić information content (AvgIpc) is 2.38. The molecule has 0 saturated carbocycles. The van der Waals surface area contributed by atoms with E-state index >= 15 is 0 Å². The number of hydrogen-bond donors (Lipinski definition) is 1. The second kappa shape index (κ2) is 4.38. The molecule has 0 aromatic heterocycles. The number of likely N-dealkylation sites (tertiary alicyclic amines) is 1. The predicted octanol–water partition coefficient (Wildman–Crippen LogP) is 0.303. The summed E-state index contributed by atoms with van der Waals surface area (Å²) in [6.45, 7) is 6.29. The van der Waals surface area contributed by atoms with Crippen LogP contribution in [0, 0.1) is 12.3 Å². The topological polar surface area (TPSA) is 15.3 Å². The molecule has 62 valence electrons. The van der Waals surface area contributed by atoms with Gasteiger partial charge in [0, 0.05) is 19.1 Å². The van der Waals surface area contributed by atoms with E-state index in [1.165, 1.54) is 6.42 Å². The molecule has 0 aliphatic carbocycles. The van der Waals surface area contributed by atoms with Gasteiger partial charge in [0.25, 0.3) is 0 Å². The quantitative estimate of drug-likeness (QED) is 0.585. The summed E-state index contributed by atoms with van der Waals surface area (Å²) in [5.74, 6) is 2.67. The minimum Gasteiger partial charge on any atom is -0.313 e. The Morgan fingerprint density at radius 1 is 1.73 bits per heavy atom. The molecule has 0 bridgehead atoms. The molecule has 2 heteroatoms. The van der Waals surface area contributed by atoms with Gasteiger partial charge < -0.3 is 5.32 Å². The normalized spacial score (nSPS) is 25.3. The molecular formula is C9H16N2. The fraction of sp³-hybridized carbons (Fsp3) is 0.778. The molecule has 1 aliphatic rings. The molecule has 0 aromatic carbocycles. The molecule has 1 saturated heterocycles. The van der Waals surface area contributed by atoms with Crippen molar-refractivity contribution in [1.82, 2.24) is 10.2 Å². The molecule has 1 rings (SSSR count). The van der Waals surface area contributed by atoms with Gasteiger partial charge in [0.15, 0.2) is 0 Å². The van der Waals surface area contributed by atoms with E-state index < -0.39 is 0 Å². The Kier molecular flexibility index (Phi) is 3.41. The van der Waals surface area contributed by atoms with Gasteiger partial charge in [-0.3, -0.25) is 4.90 Å². The highest BCUT2D eigenvalue weighted by molar-refractivity contribution is 4.92. The molecule has 1 fully saturated rings. The van der Waals surface area contributed by atoms with Crippen molar-refractivity contribution < 1.29 is 0 Å². The summed E-state index contributed by atoms with van der Waals surface area (Å²) in [7, 11) is 0. The fourth-order valence-electron chi connectivity index (χ4n) is 1.56. The zero-order valence-corrected chi connectivity index (χ0v) is 7.14. The third-order valence-corrected chi connectivity index (χ3v) is 2.08. The molecule has 1 unspecified atom stereocenters. The lowest BCUT2D eigenvalue weighted by Crippen LogP contribution is -2.32. The van der Waals surface area contributed by atoms with Gasteiger partial charge in [-0.25, -0.2) is 0 Å². The zero-order valence-electron chi connectivity index (χ0n) is 7.14. The van der Waals surface area contributed by atoms with Crippen molar-refractivity contribution in [3.63, 3.8) is 0 Å². The Balaban J connectivity index is 2.19. The first-order chi connectivity index (χ1) is 5.36. The van der Waals surface area contributed by atoms with E-state index in [9.17, 15) is 0 Å². The Morgan fingerprint density at radius 3 is 3.18 bits per heavy atom. The summed E-state index contributed by atoms with van der Waals surface area (Å²) < 4.78 is 0. The summed E-state index contributed by atoms with van der Waals surface area (Å²) in [4.78, 5) is 2.31. The number of likely N-dealkylation sites (N-methyl/N-ethyl adjacent to an activating group) is 1. The fourth-order valence-corrected chi connectivity index (χ4v) is 1.56. The number of terminal acetylenes is 1. The van der Waals surface area contributed by atoms with Gasteiger partial charge in [-0.2, -0.15) is 0 Å². The highest BCUT2D eigenvalue weighted by Gasteiger charge is 2.19. The van der Waals surface area contributed by atoms with Gasteiger partial charge in [0.2, 0.25) is 0 Å². The standard InChI is InChI=1S/C9H16N2/c1-3-6-11-7-5-9(8-11)10-4-2/h1,9-10H,4-8H2,2H3. The first-order valence-electron chi connectivity index (χ1n) is 4.26. The van der Waals surface area contributed by atoms with Crippen LogP contribution in [0.2, 0.25) is 0 Å². The summed E-state index contributed by atoms with van der Waals surface area (Å²) in [5.41, 5.74) is 0. The van der Waals surface area contributed by atoms with Crippen LogP contribution in [0.25, 0.3) is 0 Å². The van der Waals surface area contributed by atoms with Crippen molar-refractivity contribution in [3.8, 4) is 12.3 Å². The Labute approximate surface area is 69.0 Å². The largest absolute Gasteiger partial charge is 0.313 e. The second-order valence-electron chi connectivity index (χ2n) is 2.98. The lowest BCUT2D eigenvalue weighted by Gasteiger charge is -2.12. The van der Waals surface area contributed by atoms with Crippen molar-refractivity contribution in [2.45, 2.75) is 19.4 Å². The van der Waals surface area contributed by atoms with Crippen LogP contribution in [-0.4, -0.2) is 37.1 Å². The van der Waals surface area contributed by atoms with Gasteiger partial charge in [0.1, 0.15) is 0 Å². The van der Waals surface area contributed by atoms with Crippen LogP contribution in [0.3, 0.4) is 0 Å². The maximum Gasteiger partial charge on any atom is 0.0599 e. The third-order valence-electron chi connectivity index (χ3n) is 2.08. The lowest BCUT2D eigenvalue weighted by molar-refractivity contribution is 0.369. The smallest absolute Gasteiger partial charge is 0.0599 e. The van der Waals surface area contributed by atoms with E-state index in [0.29, 0.717) is 6.04 Å². The number of rotatable bonds is 3. The minimum absolute atomic E-state index is 0.674. The first-order valence-corrected chi connectivity index (χ1v) is 4.26. The summed E-state index contributed by atoms with van der Waals surface area (Å²) in [6.07, 6.45) is 6.46. The third kappa shape index (κ3) is 2.53. The van der Waals surface area contributed by atoms with Gasteiger partial charge in [0.05, 0.1) is 6.54 Å². The van der Waals surface area contributed by atoms with Crippen LogP contribution in [-0.2, 0) is 0 Å². The SMILES string of the molecule is C#CCN1CCC(NCC)C1. The molecule has 1 N–H and O–H groups in total. The maximum absolute atomic E-state index is 5.22. The molecule has 1 heterocycles. The van der Waals surface area contributed by atoms with Gasteiger partial charge in [-0.1, -0.05) is 12.8 Å². The van der Waals surface area contributed by atoms with Crippen LogP contribution in [0.1, 0.15) is 13.3 Å². The van der Waals surface area contributed by atoms with E-state index in [0.717, 1.165) is 26.2 Å². The second-order valence-corrected chi connectivity index (χ2v) is 2.98. The van der Waals surface area contributed by atoms with Crippen LogP contribution in [0.5, 0.6) is 0 Å². The van der Waals surface area contributed by atoms with E-state index in [1.807, 2.05) is 0 Å². The molecule has 1 atom stereocenters. The summed E-state index contributed by atoms with van der Waals surface area (Å²) >= 11 is 0. The number of hydrogen-bond acceptors (Lipinski definition) is 2. The van der Waals surface area contributed by atoms with Gasteiger partial charge >= 0.3 is 0 Å². The maximum atomic E-state index is 5.22. The minimum atomic E-state index is 0.674. The van der Waals surface area contributed by atoms with Crippen LogP contribution in [0.4, 0.5) is 0 Å². The van der Waals surface area contributed by atoms with E-state index in [1.54, 1.807) is 0 Å². The molecule has 0 amide bonds. The molecular weight excluding hydrogens is 136 g/mol. The van der Waals surface area contributed by atoms with Crippen molar-refractivity contribution >= 4 is 0 Å². The van der Waals surface area contributed by atoms with Crippen molar-refractivity contribution in [3.05, 3.63) is 0 Å². The van der Waals surface area contributed by atoms with Crippen LogP contribution < -0.4 is 5.32 Å². The molecule has 2 nitrogen and oxygen atoms in total. The van der Waals surface area contributed by atoms with Crippen molar-refractivity contribution in [2.75, 3.05) is 26.2 Å². The van der Waals surface area contributed by atoms with E-state index in [-0.39, 0.29) is 0 Å². The number of nitrogens with one attached hydrogen (secondary N) is 1. The Bertz CT molecular complexity index is 148. The number of nitrogens with zero attached hydrogens (tertiary/aromatic N) is 1. The molecule has 0 aromatic rings. The van der Waals surface area contributed by atoms with Gasteiger partial charge in [-0.05, 0) is 13.0 Å². The lowest BCUT2D eigenvalue weighted by atomic mass is 10.3. The van der Waals surface area contributed by atoms with Gasteiger partial charge in [-0.15, -0.1) is 6.42 Å². The van der Waals surface area contributed by atoms with Crippen molar-refractivity contribution in [2.24, 2.45) is 0 Å². The van der Waals surface area contributed by atoms with Crippen LogP contribution in [0.15, 0.2) is 0 Å². The predicted molar refractivity (Wildman–Crippen MR) is 47.4 cm³/mol. The van der Waals surface area contributed by atoms with E-state index in [4.69, 9.17) is 6.42 Å². The molecule has 11 heavy (non-hydrogen) atoms. The van der Waals surface area contributed by atoms with E-state index in [2.05, 4.69) is 23.1 Å². The highest BCUT2D eigenvalue weighted by atomic mass is 15.2.